The van der Waals surface area contributed by atoms with Crippen LogP contribution in [0.4, 0.5) is 0 Å². The zero-order chi connectivity index (χ0) is 22.1. The van der Waals surface area contributed by atoms with Crippen LogP contribution in [-0.4, -0.2) is 28.6 Å². The van der Waals surface area contributed by atoms with Gasteiger partial charge in [0.2, 0.25) is 0 Å². The molecule has 0 saturated carbocycles. The van der Waals surface area contributed by atoms with Gasteiger partial charge in [-0.25, -0.2) is 0 Å². The summed E-state index contributed by atoms with van der Waals surface area (Å²) in [5.74, 6) is -0.00322. The normalized spacial score (nSPS) is 10.4. The summed E-state index contributed by atoms with van der Waals surface area (Å²) in [7, 11) is 0. The summed E-state index contributed by atoms with van der Waals surface area (Å²) in [5, 5.41) is 1.08. The molecule has 1 aromatic rings. The molecule has 0 saturated heterocycles. The number of carbonyl (C=O) groups excluding carboxylic acids is 1. The molecule has 0 N–H and O–H groups in total. The Hall–Kier alpha value is -0.791. The van der Waals surface area contributed by atoms with Crippen molar-refractivity contribution in [3.8, 4) is 0 Å². The van der Waals surface area contributed by atoms with Crippen molar-refractivity contribution < 1.29 is 9.53 Å². The van der Waals surface area contributed by atoms with Crippen LogP contribution < -0.4 is 0 Å². The fourth-order valence-electron chi connectivity index (χ4n) is 3.27. The van der Waals surface area contributed by atoms with Crippen LogP contribution in [-0.2, 0) is 14.9 Å². The second-order valence-corrected chi connectivity index (χ2v) is 8.87. The zero-order valence-electron chi connectivity index (χ0n) is 19.9. The summed E-state index contributed by atoms with van der Waals surface area (Å²) in [6.45, 7) is 4.99. The van der Waals surface area contributed by atoms with E-state index in [9.17, 15) is 4.79 Å². The van der Waals surface area contributed by atoms with Crippen LogP contribution in [0.25, 0.3) is 0 Å². The van der Waals surface area contributed by atoms with Crippen molar-refractivity contribution in [2.45, 2.75) is 122 Å². The van der Waals surface area contributed by atoms with Gasteiger partial charge in [-0.3, -0.25) is 4.79 Å². The fourth-order valence-corrected chi connectivity index (χ4v) is 3.72. The number of esters is 1. The monoisotopic (exact) mass is 484 g/mol. The van der Waals surface area contributed by atoms with E-state index in [0.29, 0.717) is 13.0 Å². The van der Waals surface area contributed by atoms with Gasteiger partial charge in [0, 0.05) is 6.42 Å². The Kier molecular flexibility index (Phi) is 23.8. The fraction of sp³-hybridized carbons (Fsp3) is 0.741. The minimum atomic E-state index is -0.00322. The van der Waals surface area contributed by atoms with Crippen molar-refractivity contribution in [1.82, 2.24) is 0 Å². The number of unbranched alkanes of at least 4 members (excludes halogenated alkanes) is 13. The molecule has 0 aliphatic rings. The Morgan fingerprint density at radius 1 is 0.700 bits per heavy atom. The number of rotatable bonds is 18. The third-order valence-electron chi connectivity index (χ3n) is 5.27. The van der Waals surface area contributed by atoms with Crippen LogP contribution in [0.5, 0.6) is 0 Å². The van der Waals surface area contributed by atoms with Gasteiger partial charge in [-0.1, -0.05) is 97.3 Å². The van der Waals surface area contributed by atoms with Crippen LogP contribution >= 0.6 is 0 Å². The topological polar surface area (TPSA) is 26.3 Å². The second-order valence-electron chi connectivity index (χ2n) is 8.21. The van der Waals surface area contributed by atoms with Gasteiger partial charge >= 0.3 is 63.2 Å². The van der Waals surface area contributed by atoms with E-state index in [1.54, 1.807) is 0 Å². The Balaban J connectivity index is 0.000000867. The second kappa shape index (κ2) is 24.5. The van der Waals surface area contributed by atoms with Gasteiger partial charge in [-0.15, -0.1) is 0 Å². The molecule has 0 amide bonds. The first-order chi connectivity index (χ1) is 14.7. The van der Waals surface area contributed by atoms with Crippen molar-refractivity contribution in [1.29, 1.82) is 0 Å². The first kappa shape index (κ1) is 29.2. The summed E-state index contributed by atoms with van der Waals surface area (Å²) in [6.07, 6.45) is 20.1. The van der Waals surface area contributed by atoms with Crippen molar-refractivity contribution >= 4 is 22.0 Å². The van der Waals surface area contributed by atoms with Crippen molar-refractivity contribution in [2.75, 3.05) is 6.61 Å². The van der Waals surface area contributed by atoms with E-state index in [1.807, 2.05) is 6.07 Å². The zero-order valence-corrected chi connectivity index (χ0v) is 21.8. The maximum atomic E-state index is 11.4. The third-order valence-corrected chi connectivity index (χ3v) is 6.04. The van der Waals surface area contributed by atoms with Gasteiger partial charge in [-0.05, 0) is 12.8 Å². The summed E-state index contributed by atoms with van der Waals surface area (Å²) in [5.41, 5.74) is 1.38. The number of hydrogen-bond donors (Lipinski definition) is 0. The molecule has 0 fully saturated rings. The molecule has 0 spiro atoms. The number of benzene rings is 1. The predicted octanol–water partition coefficient (Wildman–Crippen LogP) is 7.90. The predicted molar refractivity (Wildman–Crippen MR) is 133 cm³/mol. The Morgan fingerprint density at radius 3 is 1.60 bits per heavy atom. The molecule has 0 aliphatic heterocycles. The van der Waals surface area contributed by atoms with Crippen LogP contribution in [0.15, 0.2) is 30.3 Å². The van der Waals surface area contributed by atoms with Crippen LogP contribution in [0.2, 0.25) is 0 Å². The number of hydrogen-bond acceptors (Lipinski definition) is 2. The molecule has 1 aromatic carbocycles. The van der Waals surface area contributed by atoms with E-state index >= 15 is 0 Å². The van der Waals surface area contributed by atoms with Crippen molar-refractivity contribution in [3.05, 3.63) is 35.9 Å². The first-order valence-corrected chi connectivity index (χ1v) is 13.9. The summed E-state index contributed by atoms with van der Waals surface area (Å²) in [4.78, 5) is 11.4. The molecular weight excluding hydrogens is 435 g/mol. The van der Waals surface area contributed by atoms with Gasteiger partial charge in [-0.2, -0.15) is 0 Å². The first-order valence-electron chi connectivity index (χ1n) is 12.5. The summed E-state index contributed by atoms with van der Waals surface area (Å²) in [6, 6.07) is 10.4. The number of ether oxygens (including phenoxy) is 1. The molecule has 0 unspecified atom stereocenters. The molecular formula is C27H48O2Se. The van der Waals surface area contributed by atoms with Gasteiger partial charge in [0.05, 0.1) is 6.61 Å². The Bertz CT molecular complexity index is 461. The quantitative estimate of drug-likeness (QED) is 0.120. The molecule has 0 atom stereocenters. The Morgan fingerprint density at radius 2 is 1.17 bits per heavy atom. The maximum absolute atomic E-state index is 11.4. The average molecular weight is 484 g/mol. The van der Waals surface area contributed by atoms with E-state index in [2.05, 4.69) is 54.1 Å². The molecule has 30 heavy (non-hydrogen) atoms. The van der Waals surface area contributed by atoms with Gasteiger partial charge in [0.1, 0.15) is 0 Å². The van der Waals surface area contributed by atoms with E-state index < -0.39 is 0 Å². The minimum absolute atomic E-state index is 0.00322. The third kappa shape index (κ3) is 21.9. The standard InChI is InChI=1S/C20H40O2.C7H8Se/c1-3-5-7-8-9-10-11-12-13-14-15-16-17-18-20(21)22-19-6-4-2;8-6-7-4-2-1-3-5-7/h3-19H2,1-2H3;1-5,8H,6H2. The van der Waals surface area contributed by atoms with Crippen LogP contribution in [0, 0.1) is 0 Å². The molecule has 0 aliphatic carbocycles. The molecule has 3 heteroatoms. The number of carbonyl (C=O) groups is 1. The molecule has 0 heterocycles. The summed E-state index contributed by atoms with van der Waals surface area (Å²) < 4.78 is 5.15. The van der Waals surface area contributed by atoms with E-state index in [0.717, 1.165) is 24.6 Å². The molecule has 0 radical (unpaired) electrons. The Labute approximate surface area is 195 Å². The van der Waals surface area contributed by atoms with E-state index in [4.69, 9.17) is 4.74 Å². The summed E-state index contributed by atoms with van der Waals surface area (Å²) >= 11 is 2.56. The molecule has 1 rings (SSSR count). The van der Waals surface area contributed by atoms with Gasteiger partial charge in [0.25, 0.3) is 0 Å². The molecule has 0 bridgehead atoms. The van der Waals surface area contributed by atoms with Crippen LogP contribution in [0.3, 0.4) is 0 Å². The molecule has 0 aromatic heterocycles. The van der Waals surface area contributed by atoms with Crippen molar-refractivity contribution in [3.63, 3.8) is 0 Å². The van der Waals surface area contributed by atoms with Crippen molar-refractivity contribution in [2.24, 2.45) is 0 Å². The van der Waals surface area contributed by atoms with Crippen LogP contribution in [0.1, 0.15) is 122 Å². The van der Waals surface area contributed by atoms with E-state index in [1.165, 1.54) is 82.6 Å². The van der Waals surface area contributed by atoms with Gasteiger partial charge < -0.3 is 4.74 Å². The molecule has 2 nitrogen and oxygen atoms in total. The molecule has 174 valence electrons. The SMILES string of the molecule is CCCCCCCCCCCCCCCC(=O)OCCCC.[SeH]Cc1ccccc1. The van der Waals surface area contributed by atoms with E-state index in [-0.39, 0.29) is 5.97 Å². The van der Waals surface area contributed by atoms with Gasteiger partial charge in [0.15, 0.2) is 0 Å². The average Bonchev–Trinajstić information content (AvgIpc) is 2.78.